The van der Waals surface area contributed by atoms with Gasteiger partial charge in [-0.1, -0.05) is 30.3 Å². The number of carbonyl (C=O) groups excluding carboxylic acids is 1. The zero-order valence-corrected chi connectivity index (χ0v) is 19.2. The minimum absolute atomic E-state index is 0.173. The molecule has 0 spiro atoms. The quantitative estimate of drug-likeness (QED) is 0.575. The number of ether oxygens (including phenoxy) is 3. The third-order valence-electron chi connectivity index (χ3n) is 5.10. The first-order valence-corrected chi connectivity index (χ1v) is 11.9. The first-order valence-electron chi connectivity index (χ1n) is 10.0. The summed E-state index contributed by atoms with van der Waals surface area (Å²) in [4.78, 5) is 12.5. The molecule has 1 aliphatic heterocycles. The molecule has 1 heterocycles. The minimum Gasteiger partial charge on any atom is -0.495 e. The number of hydrogen-bond acceptors (Lipinski definition) is 7. The number of sulfonamides is 1. The van der Waals surface area contributed by atoms with Crippen LogP contribution in [0, 0.1) is 0 Å². The van der Waals surface area contributed by atoms with Crippen molar-refractivity contribution < 1.29 is 32.5 Å². The number of aliphatic hydroxyl groups is 1. The molecule has 10 heteroatoms. The summed E-state index contributed by atoms with van der Waals surface area (Å²) in [5.41, 5.74) is 0.595. The van der Waals surface area contributed by atoms with Gasteiger partial charge in [-0.3, -0.25) is 4.72 Å². The number of methoxy groups -OCH3 is 1. The van der Waals surface area contributed by atoms with Gasteiger partial charge >= 0.3 is 6.09 Å². The fourth-order valence-corrected chi connectivity index (χ4v) is 4.06. The average molecular weight is 465 g/mol. The van der Waals surface area contributed by atoms with Crippen molar-refractivity contribution in [3.8, 4) is 11.5 Å². The fourth-order valence-electron chi connectivity index (χ4n) is 3.50. The molecule has 2 aromatic rings. The van der Waals surface area contributed by atoms with Crippen molar-refractivity contribution in [2.45, 2.75) is 38.0 Å². The van der Waals surface area contributed by atoms with Crippen LogP contribution in [-0.2, 0) is 21.2 Å². The van der Waals surface area contributed by atoms with Crippen molar-refractivity contribution >= 4 is 21.8 Å². The third-order valence-corrected chi connectivity index (χ3v) is 5.69. The highest BCUT2D eigenvalue weighted by Gasteiger charge is 2.44. The van der Waals surface area contributed by atoms with Crippen LogP contribution in [0.2, 0.25) is 0 Å². The predicted molar refractivity (Wildman–Crippen MR) is 120 cm³/mol. The van der Waals surface area contributed by atoms with E-state index in [0.717, 1.165) is 11.8 Å². The summed E-state index contributed by atoms with van der Waals surface area (Å²) in [6.45, 7) is 3.51. The third kappa shape index (κ3) is 5.63. The Balaban J connectivity index is 1.82. The molecular formula is C22H28N2O7S. The van der Waals surface area contributed by atoms with Gasteiger partial charge in [0, 0.05) is 18.1 Å². The van der Waals surface area contributed by atoms with E-state index < -0.39 is 33.9 Å². The Morgan fingerprint density at radius 2 is 1.91 bits per heavy atom. The van der Waals surface area contributed by atoms with E-state index in [-0.39, 0.29) is 18.0 Å². The number of fused-ring (bicyclic) bond motifs is 1. The van der Waals surface area contributed by atoms with Gasteiger partial charge < -0.3 is 24.6 Å². The predicted octanol–water partition coefficient (Wildman–Crippen LogP) is 2.61. The van der Waals surface area contributed by atoms with Crippen molar-refractivity contribution in [1.29, 1.82) is 0 Å². The fraction of sp³-hybridized carbons (Fsp3) is 0.409. The standard InChI is InChI=1S/C22H28N2O7S/c1-22(2)20(25)19(23-21(26)30-11-10-14-8-6-5-7-9-14)15-12-18(29-3)16(13-17(15)31-22)24-32(4,27)28/h5-9,12-13,19-20,24-25H,10-11H2,1-4H3,(H,23,26). The maximum atomic E-state index is 12.5. The van der Waals surface area contributed by atoms with E-state index >= 15 is 0 Å². The zero-order chi connectivity index (χ0) is 23.5. The van der Waals surface area contributed by atoms with Gasteiger partial charge in [0.15, 0.2) is 0 Å². The molecule has 3 rings (SSSR count). The summed E-state index contributed by atoms with van der Waals surface area (Å²) in [7, 11) is -2.18. The lowest BCUT2D eigenvalue weighted by atomic mass is 9.86. The van der Waals surface area contributed by atoms with Crippen LogP contribution in [0.15, 0.2) is 42.5 Å². The van der Waals surface area contributed by atoms with E-state index in [2.05, 4.69) is 10.0 Å². The number of anilines is 1. The molecule has 0 fully saturated rings. The molecule has 0 aromatic heterocycles. The highest BCUT2D eigenvalue weighted by Crippen LogP contribution is 2.44. The van der Waals surface area contributed by atoms with E-state index in [0.29, 0.717) is 17.7 Å². The molecular weight excluding hydrogens is 436 g/mol. The second-order valence-electron chi connectivity index (χ2n) is 8.11. The van der Waals surface area contributed by atoms with Gasteiger partial charge in [0.2, 0.25) is 10.0 Å². The van der Waals surface area contributed by atoms with Crippen LogP contribution in [-0.4, -0.2) is 51.3 Å². The molecule has 0 radical (unpaired) electrons. The Labute approximate surface area is 187 Å². The van der Waals surface area contributed by atoms with Crippen molar-refractivity contribution in [3.63, 3.8) is 0 Å². The SMILES string of the molecule is COc1cc2c(cc1NS(C)(=O)=O)OC(C)(C)C(O)C2NC(=O)OCCc1ccccc1. The molecule has 32 heavy (non-hydrogen) atoms. The van der Waals surface area contributed by atoms with E-state index in [1.165, 1.54) is 19.2 Å². The Bertz CT molecular complexity index is 1070. The topological polar surface area (TPSA) is 123 Å². The molecule has 0 bridgehead atoms. The average Bonchev–Trinajstić information content (AvgIpc) is 2.70. The molecule has 2 unspecified atom stereocenters. The Morgan fingerprint density at radius 3 is 2.53 bits per heavy atom. The van der Waals surface area contributed by atoms with E-state index in [1.807, 2.05) is 30.3 Å². The molecule has 9 nitrogen and oxygen atoms in total. The van der Waals surface area contributed by atoms with Crippen LogP contribution in [0.25, 0.3) is 0 Å². The van der Waals surface area contributed by atoms with E-state index in [4.69, 9.17) is 14.2 Å². The van der Waals surface area contributed by atoms with Gasteiger partial charge in [-0.25, -0.2) is 13.2 Å². The number of nitrogens with one attached hydrogen (secondary N) is 2. The number of benzene rings is 2. The van der Waals surface area contributed by atoms with Crippen molar-refractivity contribution in [2.75, 3.05) is 24.7 Å². The summed E-state index contributed by atoms with van der Waals surface area (Å²) in [6, 6.07) is 11.7. The van der Waals surface area contributed by atoms with Gasteiger partial charge in [0.1, 0.15) is 23.2 Å². The van der Waals surface area contributed by atoms with Crippen molar-refractivity contribution in [3.05, 3.63) is 53.6 Å². The zero-order valence-electron chi connectivity index (χ0n) is 18.4. The lowest BCUT2D eigenvalue weighted by Gasteiger charge is -2.42. The number of hydrogen-bond donors (Lipinski definition) is 3. The number of alkyl carbamates (subject to hydrolysis) is 1. The van der Waals surface area contributed by atoms with Crippen LogP contribution in [0.1, 0.15) is 31.0 Å². The van der Waals surface area contributed by atoms with Crippen LogP contribution in [0.4, 0.5) is 10.5 Å². The highest BCUT2D eigenvalue weighted by molar-refractivity contribution is 7.92. The maximum absolute atomic E-state index is 12.5. The second kappa shape index (κ2) is 9.25. The van der Waals surface area contributed by atoms with E-state index in [9.17, 15) is 18.3 Å². The smallest absolute Gasteiger partial charge is 0.407 e. The Kier molecular flexibility index (Phi) is 6.85. The van der Waals surface area contributed by atoms with Crippen LogP contribution < -0.4 is 19.5 Å². The first kappa shape index (κ1) is 23.7. The lowest BCUT2D eigenvalue weighted by Crippen LogP contribution is -2.53. The van der Waals surface area contributed by atoms with Crippen LogP contribution >= 0.6 is 0 Å². The molecule has 1 amide bonds. The first-order chi connectivity index (χ1) is 15.0. The Hall–Kier alpha value is -2.98. The second-order valence-corrected chi connectivity index (χ2v) is 9.86. The van der Waals surface area contributed by atoms with Gasteiger partial charge in [-0.05, 0) is 25.5 Å². The molecule has 2 aromatic carbocycles. The normalized spacial score (nSPS) is 19.3. The number of rotatable bonds is 7. The summed E-state index contributed by atoms with van der Waals surface area (Å²) >= 11 is 0. The number of carbonyl (C=O) groups is 1. The summed E-state index contributed by atoms with van der Waals surface area (Å²) in [5.74, 6) is 0.524. The van der Waals surface area contributed by atoms with E-state index in [1.54, 1.807) is 13.8 Å². The highest BCUT2D eigenvalue weighted by atomic mass is 32.2. The van der Waals surface area contributed by atoms with Crippen LogP contribution in [0.5, 0.6) is 11.5 Å². The summed E-state index contributed by atoms with van der Waals surface area (Å²) in [6.07, 6.45) is -0.210. The van der Waals surface area contributed by atoms with Gasteiger partial charge in [-0.15, -0.1) is 0 Å². The molecule has 1 aliphatic rings. The summed E-state index contributed by atoms with van der Waals surface area (Å²) in [5, 5.41) is 13.6. The Morgan fingerprint density at radius 1 is 1.22 bits per heavy atom. The molecule has 2 atom stereocenters. The monoisotopic (exact) mass is 464 g/mol. The maximum Gasteiger partial charge on any atom is 0.407 e. The molecule has 174 valence electrons. The number of aliphatic hydroxyl groups excluding tert-OH is 1. The largest absolute Gasteiger partial charge is 0.495 e. The van der Waals surface area contributed by atoms with Gasteiger partial charge in [0.25, 0.3) is 0 Å². The van der Waals surface area contributed by atoms with Gasteiger partial charge in [0.05, 0.1) is 31.7 Å². The van der Waals surface area contributed by atoms with Gasteiger partial charge in [-0.2, -0.15) is 0 Å². The molecule has 0 saturated heterocycles. The van der Waals surface area contributed by atoms with Crippen molar-refractivity contribution in [1.82, 2.24) is 5.32 Å². The van der Waals surface area contributed by atoms with Crippen molar-refractivity contribution in [2.24, 2.45) is 0 Å². The lowest BCUT2D eigenvalue weighted by molar-refractivity contribution is -0.0636. The van der Waals surface area contributed by atoms with Crippen LogP contribution in [0.3, 0.4) is 0 Å². The summed E-state index contributed by atoms with van der Waals surface area (Å²) < 4.78 is 42.3. The molecule has 0 saturated carbocycles. The molecule has 0 aliphatic carbocycles. The number of amides is 1. The molecule has 3 N–H and O–H groups in total. The minimum atomic E-state index is -3.57.